The molecule has 0 radical (unpaired) electrons. The zero-order chi connectivity index (χ0) is 20.7. The summed E-state index contributed by atoms with van der Waals surface area (Å²) in [6.45, 7) is 4.40. The molecule has 7 heteroatoms. The fourth-order valence-electron chi connectivity index (χ4n) is 4.55. The first kappa shape index (κ1) is 19.1. The second kappa shape index (κ2) is 7.76. The number of amides is 1. The average Bonchev–Trinajstić information content (AvgIpc) is 3.10. The lowest BCUT2D eigenvalue weighted by atomic mass is 9.90. The molecule has 0 bridgehead atoms. The fraction of sp³-hybridized carbons (Fsp3) is 0.348. The van der Waals surface area contributed by atoms with Gasteiger partial charge in [0.05, 0.1) is 12.2 Å². The van der Waals surface area contributed by atoms with Gasteiger partial charge in [0, 0.05) is 31.6 Å². The Hall–Kier alpha value is -2.86. The lowest BCUT2D eigenvalue weighted by Crippen LogP contribution is -2.35. The van der Waals surface area contributed by atoms with Crippen LogP contribution in [0.2, 0.25) is 5.02 Å². The molecular formula is C23H24ClN5O. The molecule has 2 aliphatic heterocycles. The Morgan fingerprint density at radius 3 is 2.53 bits per heavy atom. The first-order valence-electron chi connectivity index (χ1n) is 10.4. The maximum atomic E-state index is 12.2. The van der Waals surface area contributed by atoms with Crippen LogP contribution in [0.3, 0.4) is 0 Å². The molecule has 0 N–H and O–H groups in total. The number of fused-ring (bicyclic) bond motifs is 3. The van der Waals surface area contributed by atoms with Gasteiger partial charge < -0.3 is 9.80 Å². The highest BCUT2D eigenvalue weighted by Gasteiger charge is 2.29. The summed E-state index contributed by atoms with van der Waals surface area (Å²) in [4.78, 5) is 16.3. The molecule has 1 amide bonds. The SMILES string of the molecule is CC(=O)N1Cc2cc(Cl)ccc2-n2c(nnc2N2CCC(c3ccccc3)CC2)C1. The third kappa shape index (κ3) is 3.45. The number of anilines is 1. The molecule has 6 nitrogen and oxygen atoms in total. The van der Waals surface area contributed by atoms with Crippen LogP contribution < -0.4 is 4.90 Å². The van der Waals surface area contributed by atoms with Gasteiger partial charge >= 0.3 is 0 Å². The summed E-state index contributed by atoms with van der Waals surface area (Å²) in [5.74, 6) is 2.23. The fourth-order valence-corrected chi connectivity index (χ4v) is 4.75. The Morgan fingerprint density at radius 1 is 1.03 bits per heavy atom. The van der Waals surface area contributed by atoms with E-state index >= 15 is 0 Å². The van der Waals surface area contributed by atoms with Crippen LogP contribution in [0.1, 0.15) is 42.6 Å². The molecule has 2 aliphatic rings. The van der Waals surface area contributed by atoms with E-state index in [9.17, 15) is 4.79 Å². The van der Waals surface area contributed by atoms with Crippen LogP contribution in [-0.4, -0.2) is 38.7 Å². The van der Waals surface area contributed by atoms with Crippen LogP contribution >= 0.6 is 11.6 Å². The second-order valence-electron chi connectivity index (χ2n) is 8.07. The highest BCUT2D eigenvalue weighted by atomic mass is 35.5. The predicted molar refractivity (Wildman–Crippen MR) is 117 cm³/mol. The number of nitrogens with zero attached hydrogens (tertiary/aromatic N) is 5. The summed E-state index contributed by atoms with van der Waals surface area (Å²) < 4.78 is 2.11. The molecule has 1 fully saturated rings. The molecule has 154 valence electrons. The van der Waals surface area contributed by atoms with Crippen molar-refractivity contribution < 1.29 is 4.79 Å². The first-order valence-corrected chi connectivity index (χ1v) is 10.8. The molecule has 0 atom stereocenters. The molecule has 5 rings (SSSR count). The van der Waals surface area contributed by atoms with Crippen molar-refractivity contribution in [3.05, 3.63) is 70.5 Å². The maximum Gasteiger partial charge on any atom is 0.231 e. The zero-order valence-corrected chi connectivity index (χ0v) is 17.7. The van der Waals surface area contributed by atoms with Crippen molar-refractivity contribution in [1.29, 1.82) is 0 Å². The standard InChI is InChI=1S/C23H24ClN5O/c1-16(30)28-14-19-13-20(24)7-8-21(19)29-22(15-28)25-26-23(29)27-11-9-18(10-12-27)17-5-3-2-4-6-17/h2-8,13,18H,9-12,14-15H2,1H3. The molecule has 0 saturated carbocycles. The van der Waals surface area contributed by atoms with Gasteiger partial charge in [-0.3, -0.25) is 9.36 Å². The normalized spacial score (nSPS) is 16.7. The number of carbonyl (C=O) groups excluding carboxylic acids is 1. The van der Waals surface area contributed by atoms with Gasteiger partial charge in [-0.15, -0.1) is 10.2 Å². The number of rotatable bonds is 2. The van der Waals surface area contributed by atoms with Crippen molar-refractivity contribution in [1.82, 2.24) is 19.7 Å². The van der Waals surface area contributed by atoms with Gasteiger partial charge in [0.15, 0.2) is 5.82 Å². The Kier molecular flexibility index (Phi) is 4.95. The van der Waals surface area contributed by atoms with Gasteiger partial charge in [0.25, 0.3) is 0 Å². The van der Waals surface area contributed by atoms with Crippen LogP contribution in [0.5, 0.6) is 0 Å². The minimum atomic E-state index is 0.0163. The summed E-state index contributed by atoms with van der Waals surface area (Å²) in [7, 11) is 0. The summed E-state index contributed by atoms with van der Waals surface area (Å²) >= 11 is 6.27. The largest absolute Gasteiger partial charge is 0.341 e. The molecule has 3 aromatic rings. The topological polar surface area (TPSA) is 54.3 Å². The van der Waals surface area contributed by atoms with Gasteiger partial charge in [-0.1, -0.05) is 41.9 Å². The minimum Gasteiger partial charge on any atom is -0.341 e. The third-order valence-corrected chi connectivity index (χ3v) is 6.42. The van der Waals surface area contributed by atoms with Crippen molar-refractivity contribution in [2.24, 2.45) is 0 Å². The summed E-state index contributed by atoms with van der Waals surface area (Å²) in [5.41, 5.74) is 3.43. The van der Waals surface area contributed by atoms with E-state index in [0.717, 1.165) is 49.0 Å². The van der Waals surface area contributed by atoms with Crippen LogP contribution in [0.25, 0.3) is 5.69 Å². The molecule has 0 unspecified atom stereocenters. The minimum absolute atomic E-state index is 0.0163. The second-order valence-corrected chi connectivity index (χ2v) is 8.51. The molecule has 1 aromatic heterocycles. The average molecular weight is 422 g/mol. The van der Waals surface area contributed by atoms with E-state index in [4.69, 9.17) is 11.6 Å². The van der Waals surface area contributed by atoms with Crippen LogP contribution in [-0.2, 0) is 17.9 Å². The Labute approximate surface area is 181 Å². The lowest BCUT2D eigenvalue weighted by Gasteiger charge is -2.33. The molecule has 2 aromatic carbocycles. The summed E-state index contributed by atoms with van der Waals surface area (Å²) in [5, 5.41) is 9.68. The molecule has 3 heterocycles. The molecule has 0 spiro atoms. The van der Waals surface area contributed by atoms with Crippen molar-refractivity contribution in [2.45, 2.75) is 38.8 Å². The van der Waals surface area contributed by atoms with E-state index in [0.29, 0.717) is 24.0 Å². The van der Waals surface area contributed by atoms with Gasteiger partial charge in [-0.2, -0.15) is 0 Å². The number of benzene rings is 2. The molecule has 30 heavy (non-hydrogen) atoms. The van der Waals surface area contributed by atoms with E-state index in [1.54, 1.807) is 11.8 Å². The lowest BCUT2D eigenvalue weighted by molar-refractivity contribution is -0.130. The van der Waals surface area contributed by atoms with E-state index in [1.165, 1.54) is 5.56 Å². The smallest absolute Gasteiger partial charge is 0.231 e. The molecular weight excluding hydrogens is 398 g/mol. The van der Waals surface area contributed by atoms with Crippen LogP contribution in [0, 0.1) is 0 Å². The van der Waals surface area contributed by atoms with Gasteiger partial charge in [-0.25, -0.2) is 0 Å². The Balaban J connectivity index is 1.47. The molecule has 1 saturated heterocycles. The summed E-state index contributed by atoms with van der Waals surface area (Å²) in [6, 6.07) is 16.6. The van der Waals surface area contributed by atoms with Crippen molar-refractivity contribution in [3.63, 3.8) is 0 Å². The van der Waals surface area contributed by atoms with Crippen molar-refractivity contribution in [3.8, 4) is 5.69 Å². The van der Waals surface area contributed by atoms with Crippen molar-refractivity contribution >= 4 is 23.5 Å². The number of piperidine rings is 1. The quantitative estimate of drug-likeness (QED) is 0.623. The van der Waals surface area contributed by atoms with E-state index < -0.39 is 0 Å². The van der Waals surface area contributed by atoms with Crippen molar-refractivity contribution in [2.75, 3.05) is 18.0 Å². The van der Waals surface area contributed by atoms with Gasteiger partial charge in [0.1, 0.15) is 0 Å². The number of carbonyl (C=O) groups is 1. The third-order valence-electron chi connectivity index (χ3n) is 6.18. The Morgan fingerprint density at radius 2 is 1.80 bits per heavy atom. The Bertz CT molecular complexity index is 1070. The first-order chi connectivity index (χ1) is 14.6. The number of hydrogen-bond acceptors (Lipinski definition) is 4. The molecule has 0 aliphatic carbocycles. The summed E-state index contributed by atoms with van der Waals surface area (Å²) in [6.07, 6.45) is 2.17. The highest BCUT2D eigenvalue weighted by Crippen LogP contribution is 2.34. The highest BCUT2D eigenvalue weighted by molar-refractivity contribution is 6.30. The predicted octanol–water partition coefficient (Wildman–Crippen LogP) is 4.17. The van der Waals surface area contributed by atoms with E-state index in [-0.39, 0.29) is 5.91 Å². The van der Waals surface area contributed by atoms with Crippen LogP contribution in [0.4, 0.5) is 5.95 Å². The maximum absolute atomic E-state index is 12.2. The zero-order valence-electron chi connectivity index (χ0n) is 17.0. The van der Waals surface area contributed by atoms with Gasteiger partial charge in [0.2, 0.25) is 11.9 Å². The van der Waals surface area contributed by atoms with E-state index in [2.05, 4.69) is 50.0 Å². The monoisotopic (exact) mass is 421 g/mol. The number of hydrogen-bond donors (Lipinski definition) is 0. The van der Waals surface area contributed by atoms with Crippen LogP contribution in [0.15, 0.2) is 48.5 Å². The van der Waals surface area contributed by atoms with E-state index in [1.807, 2.05) is 18.2 Å². The number of halogens is 1. The number of aromatic nitrogens is 3. The van der Waals surface area contributed by atoms with Gasteiger partial charge in [-0.05, 0) is 48.1 Å².